The summed E-state index contributed by atoms with van der Waals surface area (Å²) in [6, 6.07) is 20.5. The number of allylic oxidation sites excluding steroid dienone is 1. The van der Waals surface area contributed by atoms with Crippen LogP contribution >= 0.6 is 0 Å². The van der Waals surface area contributed by atoms with Crippen LogP contribution in [0.4, 0.5) is 11.4 Å². The molecule has 0 bridgehead atoms. The molecule has 3 aromatic carbocycles. The lowest BCUT2D eigenvalue weighted by molar-refractivity contribution is -0.384. The Morgan fingerprint density at radius 2 is 1.94 bits per heavy atom. The zero-order valence-corrected chi connectivity index (χ0v) is 19.1. The number of ether oxygens (including phenoxy) is 2. The van der Waals surface area contributed by atoms with Crippen LogP contribution in [0.3, 0.4) is 0 Å². The van der Waals surface area contributed by atoms with Crippen molar-refractivity contribution < 1.29 is 19.2 Å². The Balaban J connectivity index is 1.89. The number of benzene rings is 3. The third kappa shape index (κ3) is 6.55. The number of nitriles is 1. The summed E-state index contributed by atoms with van der Waals surface area (Å²) >= 11 is 0. The van der Waals surface area contributed by atoms with Crippen molar-refractivity contribution in [2.24, 2.45) is 0 Å². The molecule has 8 heteroatoms. The third-order valence-corrected chi connectivity index (χ3v) is 4.96. The van der Waals surface area contributed by atoms with Crippen molar-refractivity contribution in [1.29, 1.82) is 5.26 Å². The van der Waals surface area contributed by atoms with Crippen LogP contribution in [-0.2, 0) is 17.8 Å². The van der Waals surface area contributed by atoms with Crippen molar-refractivity contribution in [3.63, 3.8) is 0 Å². The molecule has 0 aromatic heterocycles. The molecule has 8 nitrogen and oxygen atoms in total. The van der Waals surface area contributed by atoms with E-state index in [0.29, 0.717) is 30.1 Å². The lowest BCUT2D eigenvalue weighted by atomic mass is 10.0. The fraction of sp³-hybridized carbons (Fsp3) is 0.111. The van der Waals surface area contributed by atoms with Gasteiger partial charge in [-0.25, -0.2) is 0 Å². The minimum atomic E-state index is -0.693. The zero-order chi connectivity index (χ0) is 25.2. The van der Waals surface area contributed by atoms with Crippen LogP contribution in [0, 0.1) is 21.4 Å². The number of carbonyl (C=O) groups is 1. The van der Waals surface area contributed by atoms with E-state index in [1.807, 2.05) is 36.4 Å². The Labute approximate surface area is 202 Å². The molecular formula is C27H23N3O5. The van der Waals surface area contributed by atoms with Gasteiger partial charge in [-0.15, -0.1) is 6.58 Å². The number of rotatable bonds is 10. The van der Waals surface area contributed by atoms with Crippen LogP contribution in [-0.4, -0.2) is 17.9 Å². The van der Waals surface area contributed by atoms with Crippen LogP contribution in [0.15, 0.2) is 85.0 Å². The van der Waals surface area contributed by atoms with E-state index in [1.165, 1.54) is 37.5 Å². The smallest absolute Gasteiger partial charge is 0.271 e. The number of non-ortho nitro benzene ring substituents is 1. The first-order valence-corrected chi connectivity index (χ1v) is 10.6. The van der Waals surface area contributed by atoms with Crippen LogP contribution < -0.4 is 14.8 Å². The largest absolute Gasteiger partial charge is 0.493 e. The van der Waals surface area contributed by atoms with Gasteiger partial charge in [-0.1, -0.05) is 42.5 Å². The van der Waals surface area contributed by atoms with Crippen LogP contribution in [0.2, 0.25) is 0 Å². The number of carbonyl (C=O) groups excluding carboxylic acids is 1. The van der Waals surface area contributed by atoms with Crippen molar-refractivity contribution in [3.8, 4) is 17.6 Å². The highest BCUT2D eigenvalue weighted by Crippen LogP contribution is 2.35. The molecular weight excluding hydrogens is 446 g/mol. The highest BCUT2D eigenvalue weighted by molar-refractivity contribution is 6.09. The van der Waals surface area contributed by atoms with Gasteiger partial charge in [0.05, 0.1) is 12.0 Å². The van der Waals surface area contributed by atoms with Crippen molar-refractivity contribution in [1.82, 2.24) is 0 Å². The van der Waals surface area contributed by atoms with Crippen LogP contribution in [0.5, 0.6) is 11.5 Å². The molecule has 0 aliphatic rings. The molecule has 0 atom stereocenters. The van der Waals surface area contributed by atoms with E-state index in [4.69, 9.17) is 9.47 Å². The third-order valence-electron chi connectivity index (χ3n) is 4.96. The second kappa shape index (κ2) is 11.8. The number of hydrogen-bond donors (Lipinski definition) is 1. The van der Waals surface area contributed by atoms with Crippen molar-refractivity contribution in [2.75, 3.05) is 12.4 Å². The quantitative estimate of drug-likeness (QED) is 0.139. The van der Waals surface area contributed by atoms with Gasteiger partial charge in [-0.3, -0.25) is 14.9 Å². The van der Waals surface area contributed by atoms with E-state index < -0.39 is 10.8 Å². The molecule has 1 N–H and O–H groups in total. The lowest BCUT2D eigenvalue weighted by Crippen LogP contribution is -2.13. The molecule has 0 aliphatic heterocycles. The number of hydrogen-bond acceptors (Lipinski definition) is 6. The molecule has 3 rings (SSSR count). The average Bonchev–Trinajstić information content (AvgIpc) is 2.87. The lowest BCUT2D eigenvalue weighted by Gasteiger charge is -2.16. The second-order valence-corrected chi connectivity index (χ2v) is 7.41. The molecule has 0 saturated carbocycles. The number of nitrogens with one attached hydrogen (secondary N) is 1. The minimum absolute atomic E-state index is 0.171. The Morgan fingerprint density at radius 1 is 1.17 bits per heavy atom. The Morgan fingerprint density at radius 3 is 2.60 bits per heavy atom. The predicted octanol–water partition coefficient (Wildman–Crippen LogP) is 5.46. The molecule has 0 fully saturated rings. The molecule has 0 unspecified atom stereocenters. The number of methoxy groups -OCH3 is 1. The Hall–Kier alpha value is -4.90. The Kier molecular flexibility index (Phi) is 8.35. The first-order valence-electron chi connectivity index (χ1n) is 10.6. The molecule has 35 heavy (non-hydrogen) atoms. The second-order valence-electron chi connectivity index (χ2n) is 7.41. The molecule has 0 spiro atoms. The molecule has 0 radical (unpaired) electrons. The van der Waals surface area contributed by atoms with E-state index in [0.717, 1.165) is 11.1 Å². The normalized spacial score (nSPS) is 10.7. The van der Waals surface area contributed by atoms with Gasteiger partial charge < -0.3 is 14.8 Å². The van der Waals surface area contributed by atoms with Gasteiger partial charge in [0.15, 0.2) is 11.5 Å². The zero-order valence-electron chi connectivity index (χ0n) is 19.1. The van der Waals surface area contributed by atoms with Gasteiger partial charge in [-0.2, -0.15) is 5.26 Å². The first-order chi connectivity index (χ1) is 16.9. The molecule has 0 saturated heterocycles. The summed E-state index contributed by atoms with van der Waals surface area (Å²) in [5, 5.41) is 23.1. The molecule has 1 amide bonds. The van der Waals surface area contributed by atoms with Gasteiger partial charge in [0.1, 0.15) is 18.2 Å². The first kappa shape index (κ1) is 24.7. The fourth-order valence-corrected chi connectivity index (χ4v) is 3.33. The highest BCUT2D eigenvalue weighted by atomic mass is 16.6. The number of nitro groups is 1. The number of anilines is 1. The van der Waals surface area contributed by atoms with Crippen LogP contribution in [0.1, 0.15) is 16.7 Å². The maximum absolute atomic E-state index is 12.7. The molecule has 176 valence electrons. The fourth-order valence-electron chi connectivity index (χ4n) is 3.33. The number of nitro benzene ring substituents is 1. The van der Waals surface area contributed by atoms with E-state index in [-0.39, 0.29) is 16.9 Å². The SMILES string of the molecule is C=CCc1cc(/C=C(\C#N)C(=O)Nc2cccc([N+](=O)[O-])c2)cc(OC)c1OCc1ccccc1. The summed E-state index contributed by atoms with van der Waals surface area (Å²) in [5.74, 6) is 0.303. The summed E-state index contributed by atoms with van der Waals surface area (Å²) in [6.45, 7) is 4.13. The predicted molar refractivity (Wildman–Crippen MR) is 133 cm³/mol. The van der Waals surface area contributed by atoms with Crippen molar-refractivity contribution >= 4 is 23.4 Å². The van der Waals surface area contributed by atoms with Gasteiger partial charge in [-0.05, 0) is 41.8 Å². The minimum Gasteiger partial charge on any atom is -0.493 e. The summed E-state index contributed by atoms with van der Waals surface area (Å²) in [4.78, 5) is 23.1. The van der Waals surface area contributed by atoms with E-state index in [2.05, 4.69) is 11.9 Å². The number of nitrogens with zero attached hydrogens (tertiary/aromatic N) is 2. The van der Waals surface area contributed by atoms with Gasteiger partial charge in [0.25, 0.3) is 11.6 Å². The van der Waals surface area contributed by atoms with Crippen molar-refractivity contribution in [2.45, 2.75) is 13.0 Å². The summed E-state index contributed by atoms with van der Waals surface area (Å²) in [5.41, 5.74) is 2.18. The molecule has 3 aromatic rings. The molecule has 0 heterocycles. The standard InChI is InChI=1S/C27H23N3O5/c1-3-8-21-13-20(15-25(34-2)26(21)35-18-19-9-5-4-6-10-19)14-22(17-28)27(31)29-23-11-7-12-24(16-23)30(32)33/h3-7,9-16H,1,8,18H2,2H3,(H,29,31)/b22-14+. The number of amides is 1. The maximum Gasteiger partial charge on any atom is 0.271 e. The summed E-state index contributed by atoms with van der Waals surface area (Å²) < 4.78 is 11.6. The van der Waals surface area contributed by atoms with Crippen molar-refractivity contribution in [3.05, 3.63) is 112 Å². The maximum atomic E-state index is 12.7. The van der Waals surface area contributed by atoms with E-state index >= 15 is 0 Å². The topological polar surface area (TPSA) is 114 Å². The Bertz CT molecular complexity index is 1310. The average molecular weight is 469 g/mol. The van der Waals surface area contributed by atoms with Gasteiger partial charge >= 0.3 is 0 Å². The monoisotopic (exact) mass is 469 g/mol. The van der Waals surface area contributed by atoms with E-state index in [1.54, 1.807) is 18.2 Å². The summed E-state index contributed by atoms with van der Waals surface area (Å²) in [7, 11) is 1.51. The summed E-state index contributed by atoms with van der Waals surface area (Å²) in [6.07, 6.45) is 3.62. The van der Waals surface area contributed by atoms with Gasteiger partial charge in [0, 0.05) is 23.4 Å². The van der Waals surface area contributed by atoms with Crippen LogP contribution in [0.25, 0.3) is 6.08 Å². The van der Waals surface area contributed by atoms with E-state index in [9.17, 15) is 20.2 Å². The highest BCUT2D eigenvalue weighted by Gasteiger charge is 2.16. The van der Waals surface area contributed by atoms with Gasteiger partial charge in [0.2, 0.25) is 0 Å². The molecule has 0 aliphatic carbocycles.